The van der Waals surface area contributed by atoms with Crippen LogP contribution in [0.1, 0.15) is 37.5 Å². The van der Waals surface area contributed by atoms with Gasteiger partial charge in [0, 0.05) is 29.0 Å². The van der Waals surface area contributed by atoms with Crippen LogP contribution in [-0.4, -0.2) is 17.9 Å². The molecule has 0 bridgehead atoms. The topological polar surface area (TPSA) is 40.9 Å². The summed E-state index contributed by atoms with van der Waals surface area (Å²) in [5.74, 6) is 1.52. The number of hydrogen-bond donors (Lipinski definition) is 0. The van der Waals surface area contributed by atoms with Gasteiger partial charge in [-0.1, -0.05) is 130 Å². The number of aromatic nitrogens is 1. The average Bonchev–Trinajstić information content (AvgIpc) is 3.14. The van der Waals surface area contributed by atoms with E-state index in [-0.39, 0.29) is 0 Å². The largest absolute Gasteiger partial charge is 0.278 e. The SMILES string of the molecule is C=CC1=C(N=C)N(c2ccccn2)c2ccc(-c3c4ccccc4c(C(=C)N=C/C(=C\C)c4ccccc4)c4ccccc34)cc2C1(C)C. The van der Waals surface area contributed by atoms with Crippen molar-refractivity contribution < 1.29 is 0 Å². The molecule has 1 aliphatic rings. The minimum Gasteiger partial charge on any atom is -0.278 e. The number of pyridine rings is 1. The maximum atomic E-state index is 4.96. The highest BCUT2D eigenvalue weighted by molar-refractivity contribution is 6.20. The molecule has 238 valence electrons. The van der Waals surface area contributed by atoms with Crippen molar-refractivity contribution in [2.75, 3.05) is 4.90 Å². The molecule has 0 saturated carbocycles. The smallest absolute Gasteiger partial charge is 0.142 e. The molecule has 1 aromatic heterocycles. The third kappa shape index (κ3) is 5.32. The van der Waals surface area contributed by atoms with Gasteiger partial charge in [-0.25, -0.2) is 9.98 Å². The van der Waals surface area contributed by atoms with Gasteiger partial charge in [0.25, 0.3) is 0 Å². The third-order valence-electron chi connectivity index (χ3n) is 9.56. The summed E-state index contributed by atoms with van der Waals surface area (Å²) in [5.41, 5.74) is 8.99. The molecule has 5 aromatic carbocycles. The van der Waals surface area contributed by atoms with E-state index in [4.69, 9.17) is 9.98 Å². The lowest BCUT2D eigenvalue weighted by Gasteiger charge is -2.41. The van der Waals surface area contributed by atoms with Crippen LogP contribution in [0.4, 0.5) is 11.5 Å². The van der Waals surface area contributed by atoms with Crippen LogP contribution in [0.2, 0.25) is 0 Å². The summed E-state index contributed by atoms with van der Waals surface area (Å²) in [7, 11) is 0. The van der Waals surface area contributed by atoms with Crippen molar-refractivity contribution in [2.24, 2.45) is 9.98 Å². The molecule has 0 spiro atoms. The maximum absolute atomic E-state index is 4.96. The van der Waals surface area contributed by atoms with Crippen molar-refractivity contribution in [3.8, 4) is 11.1 Å². The van der Waals surface area contributed by atoms with Crippen molar-refractivity contribution in [3.63, 3.8) is 0 Å². The molecule has 6 aromatic rings. The van der Waals surface area contributed by atoms with E-state index in [0.29, 0.717) is 0 Å². The molecular weight excluding hydrogens is 597 g/mol. The number of aliphatic imine (C=N–C) groups is 2. The minimum absolute atomic E-state index is 0.396. The van der Waals surface area contributed by atoms with Gasteiger partial charge in [0.15, 0.2) is 0 Å². The summed E-state index contributed by atoms with van der Waals surface area (Å²) in [6.45, 7) is 19.1. The number of hydrogen-bond acceptors (Lipinski definition) is 4. The van der Waals surface area contributed by atoms with Crippen LogP contribution in [0, 0.1) is 0 Å². The minimum atomic E-state index is -0.396. The molecule has 7 rings (SSSR count). The Morgan fingerprint density at radius 2 is 1.43 bits per heavy atom. The Balaban J connectivity index is 1.44. The molecule has 0 amide bonds. The number of benzene rings is 5. The van der Waals surface area contributed by atoms with Crippen molar-refractivity contribution in [2.45, 2.75) is 26.2 Å². The second-order valence-corrected chi connectivity index (χ2v) is 12.6. The fourth-order valence-corrected chi connectivity index (χ4v) is 7.18. The summed E-state index contributed by atoms with van der Waals surface area (Å²) < 4.78 is 0. The van der Waals surface area contributed by atoms with Crippen LogP contribution >= 0.6 is 0 Å². The van der Waals surface area contributed by atoms with Crippen LogP contribution in [0.15, 0.2) is 168 Å². The predicted molar refractivity (Wildman–Crippen MR) is 211 cm³/mol. The maximum Gasteiger partial charge on any atom is 0.142 e. The van der Waals surface area contributed by atoms with Crippen molar-refractivity contribution in [1.82, 2.24) is 4.98 Å². The second-order valence-electron chi connectivity index (χ2n) is 12.6. The molecule has 0 fully saturated rings. The van der Waals surface area contributed by atoms with Crippen LogP contribution < -0.4 is 4.90 Å². The summed E-state index contributed by atoms with van der Waals surface area (Å²) in [6, 6.07) is 40.1. The van der Waals surface area contributed by atoms with Gasteiger partial charge in [-0.3, -0.25) is 9.89 Å². The first kappa shape index (κ1) is 31.5. The molecule has 0 N–H and O–H groups in total. The quantitative estimate of drug-likeness (QED) is 0.123. The first-order valence-corrected chi connectivity index (χ1v) is 16.5. The molecule has 49 heavy (non-hydrogen) atoms. The Kier molecular flexibility index (Phi) is 8.23. The summed E-state index contributed by atoms with van der Waals surface area (Å²) in [4.78, 5) is 16.3. The molecule has 0 atom stereocenters. The van der Waals surface area contributed by atoms with Gasteiger partial charge in [0.2, 0.25) is 0 Å². The van der Waals surface area contributed by atoms with Crippen molar-refractivity contribution in [1.29, 1.82) is 0 Å². The first-order valence-electron chi connectivity index (χ1n) is 16.5. The monoisotopic (exact) mass is 634 g/mol. The predicted octanol–water partition coefficient (Wildman–Crippen LogP) is 11.7. The molecule has 0 saturated heterocycles. The van der Waals surface area contributed by atoms with Gasteiger partial charge in [-0.05, 0) is 87.3 Å². The number of rotatable bonds is 8. The number of fused-ring (bicyclic) bond motifs is 3. The molecular formula is C45H38N4. The zero-order valence-electron chi connectivity index (χ0n) is 28.2. The van der Waals surface area contributed by atoms with Crippen LogP contribution in [0.25, 0.3) is 43.9 Å². The lowest BCUT2D eigenvalue weighted by molar-refractivity contribution is 0.616. The Labute approximate surface area is 288 Å². The third-order valence-corrected chi connectivity index (χ3v) is 9.56. The molecule has 1 aliphatic heterocycles. The van der Waals surface area contributed by atoms with Crippen LogP contribution in [0.5, 0.6) is 0 Å². The summed E-state index contributed by atoms with van der Waals surface area (Å²) in [6.07, 6.45) is 7.71. The van der Waals surface area contributed by atoms with Gasteiger partial charge in [0.1, 0.15) is 11.6 Å². The lowest BCUT2D eigenvalue weighted by Crippen LogP contribution is -2.33. The Morgan fingerprint density at radius 1 is 0.796 bits per heavy atom. The Bertz CT molecular complexity index is 2300. The van der Waals surface area contributed by atoms with Gasteiger partial charge < -0.3 is 0 Å². The molecule has 0 radical (unpaired) electrons. The van der Waals surface area contributed by atoms with Gasteiger partial charge in [-0.15, -0.1) is 0 Å². The second kappa shape index (κ2) is 12.8. The van der Waals surface area contributed by atoms with Gasteiger partial charge in [-0.2, -0.15) is 0 Å². The van der Waals surface area contributed by atoms with E-state index in [2.05, 4.69) is 129 Å². The zero-order chi connectivity index (χ0) is 34.1. The first-order chi connectivity index (χ1) is 23.9. The Morgan fingerprint density at radius 3 is 2.02 bits per heavy atom. The average molecular weight is 635 g/mol. The molecule has 0 aliphatic carbocycles. The van der Waals surface area contributed by atoms with E-state index in [1.54, 1.807) is 6.20 Å². The normalized spacial score (nSPS) is 14.3. The lowest BCUT2D eigenvalue weighted by atomic mass is 9.73. The van der Waals surface area contributed by atoms with Crippen molar-refractivity contribution >= 4 is 57.3 Å². The van der Waals surface area contributed by atoms with Gasteiger partial charge in [0.05, 0.1) is 11.4 Å². The summed E-state index contributed by atoms with van der Waals surface area (Å²) >= 11 is 0. The van der Waals surface area contributed by atoms with Crippen LogP contribution in [0.3, 0.4) is 0 Å². The van der Waals surface area contributed by atoms with E-state index in [0.717, 1.165) is 78.0 Å². The van der Waals surface area contributed by atoms with E-state index >= 15 is 0 Å². The van der Waals surface area contributed by atoms with E-state index in [1.807, 2.05) is 55.6 Å². The summed E-state index contributed by atoms with van der Waals surface area (Å²) in [5, 5.41) is 4.50. The number of anilines is 2. The number of allylic oxidation sites excluding steroid dienone is 4. The molecule has 2 heterocycles. The van der Waals surface area contributed by atoms with E-state index in [1.165, 1.54) is 5.56 Å². The zero-order valence-corrected chi connectivity index (χ0v) is 28.2. The van der Waals surface area contributed by atoms with Gasteiger partial charge >= 0.3 is 0 Å². The number of nitrogens with zero attached hydrogens (tertiary/aromatic N) is 4. The van der Waals surface area contributed by atoms with E-state index in [9.17, 15) is 0 Å². The highest BCUT2D eigenvalue weighted by Gasteiger charge is 2.38. The van der Waals surface area contributed by atoms with E-state index < -0.39 is 5.41 Å². The fraction of sp³-hybridized carbons (Fsp3) is 0.0889. The standard InChI is InChI=1S/C45H38N4/c1-7-31(32-18-10-9-11-19-32)29-48-30(3)42-34-20-12-14-22-36(34)43(37-23-15-13-21-35(37)42)33-25-26-40-39(28-33)45(4,5)38(8-2)44(46-6)49(40)41-24-16-17-27-47-41/h7-29H,2-3,6H2,1,4-5H3/b31-7+,48-29?. The van der Waals surface area contributed by atoms with Crippen molar-refractivity contribution in [3.05, 3.63) is 175 Å². The highest BCUT2D eigenvalue weighted by atomic mass is 15.3. The molecule has 4 nitrogen and oxygen atoms in total. The van der Waals surface area contributed by atoms with Crippen LogP contribution in [-0.2, 0) is 5.41 Å². The fourth-order valence-electron chi connectivity index (χ4n) is 7.18. The Hall–Kier alpha value is -6.13. The highest BCUT2D eigenvalue weighted by Crippen LogP contribution is 2.51. The molecule has 4 heteroatoms. The molecule has 0 unspecified atom stereocenters.